The van der Waals surface area contributed by atoms with Crippen molar-refractivity contribution >= 4 is 22.8 Å². The lowest BCUT2D eigenvalue weighted by atomic mass is 9.73. The first-order chi connectivity index (χ1) is 14.7. The van der Waals surface area contributed by atoms with Gasteiger partial charge < -0.3 is 5.11 Å². The minimum Gasteiger partial charge on any atom is -0.376 e. The molecule has 0 spiro atoms. The fourth-order valence-corrected chi connectivity index (χ4v) is 4.45. The van der Waals surface area contributed by atoms with E-state index in [0.29, 0.717) is 35.1 Å². The molecule has 3 unspecified atom stereocenters. The summed E-state index contributed by atoms with van der Waals surface area (Å²) in [7, 11) is 0. The maximum atomic E-state index is 14.0. The average Bonchev–Trinajstić information content (AvgIpc) is 2.73. The van der Waals surface area contributed by atoms with Crippen LogP contribution in [0.2, 0.25) is 0 Å². The van der Waals surface area contributed by atoms with Crippen molar-refractivity contribution in [1.82, 2.24) is 4.98 Å². The Kier molecular flexibility index (Phi) is 5.60. The highest BCUT2D eigenvalue weighted by atomic mass is 19.4. The quantitative estimate of drug-likeness (QED) is 0.477. The van der Waals surface area contributed by atoms with Gasteiger partial charge >= 0.3 is 6.18 Å². The summed E-state index contributed by atoms with van der Waals surface area (Å²) in [4.78, 5) is 8.50. The highest BCUT2D eigenvalue weighted by Gasteiger charge is 2.54. The Morgan fingerprint density at radius 2 is 1.77 bits per heavy atom. The van der Waals surface area contributed by atoms with Gasteiger partial charge in [0.25, 0.3) is 0 Å². The summed E-state index contributed by atoms with van der Waals surface area (Å²) in [6.45, 7) is 3.93. The molecular weight excluding hydrogens is 401 g/mol. The number of aryl methyl sites for hydroxylation is 1. The number of hydrogen-bond acceptors (Lipinski definition) is 3. The van der Waals surface area contributed by atoms with E-state index in [9.17, 15) is 18.3 Å². The van der Waals surface area contributed by atoms with Crippen LogP contribution in [-0.4, -0.2) is 28.1 Å². The molecule has 1 aromatic heterocycles. The number of aliphatic hydroxyl groups is 1. The molecule has 0 aliphatic heterocycles. The third-order valence-electron chi connectivity index (χ3n) is 6.23. The number of hydrogen-bond donors (Lipinski definition) is 1. The summed E-state index contributed by atoms with van der Waals surface area (Å²) in [5.74, 6) is -0.0888. The van der Waals surface area contributed by atoms with Crippen LogP contribution in [0.5, 0.6) is 0 Å². The number of halogens is 3. The molecule has 1 aliphatic rings. The number of aromatic nitrogens is 1. The normalized spacial score (nSPS) is 21.2. The zero-order valence-corrected chi connectivity index (χ0v) is 17.5. The number of aliphatic imine (C=N–C) groups is 1. The second kappa shape index (κ2) is 8.08. The summed E-state index contributed by atoms with van der Waals surface area (Å²) in [6.07, 6.45) is -3.23. The summed E-state index contributed by atoms with van der Waals surface area (Å²) in [5.41, 5.74) is 0.750. The molecule has 1 heterocycles. The van der Waals surface area contributed by atoms with Gasteiger partial charge in [-0.1, -0.05) is 37.3 Å². The highest BCUT2D eigenvalue weighted by molar-refractivity contribution is 5.92. The standard InChI is InChI=1S/C25H25F3N2O/c1-16-10-12-18(20-7-4-3-6-19(16)20)14-24(31,25(26,27)28)15-29-22-8-5-9-23-21(22)13-11-17(2)30-23/h3-9,11,13,15-16,18,31H,10,12,14H2,1-2H3. The summed E-state index contributed by atoms with van der Waals surface area (Å²) in [6, 6.07) is 16.3. The van der Waals surface area contributed by atoms with Gasteiger partial charge in [-0.15, -0.1) is 0 Å². The van der Waals surface area contributed by atoms with Crippen LogP contribution < -0.4 is 0 Å². The number of pyridine rings is 1. The van der Waals surface area contributed by atoms with Gasteiger partial charge in [-0.3, -0.25) is 9.98 Å². The maximum absolute atomic E-state index is 14.0. The molecule has 1 N–H and O–H groups in total. The Hall–Kier alpha value is -2.73. The number of nitrogens with zero attached hydrogens (tertiary/aromatic N) is 2. The second-order valence-electron chi connectivity index (χ2n) is 8.49. The van der Waals surface area contributed by atoms with Gasteiger partial charge in [0.15, 0.2) is 5.60 Å². The van der Waals surface area contributed by atoms with E-state index in [1.807, 2.05) is 31.2 Å². The van der Waals surface area contributed by atoms with Gasteiger partial charge in [-0.25, -0.2) is 0 Å². The smallest absolute Gasteiger partial charge is 0.376 e. The van der Waals surface area contributed by atoms with Gasteiger partial charge in [0.2, 0.25) is 0 Å². The molecule has 31 heavy (non-hydrogen) atoms. The van der Waals surface area contributed by atoms with Gasteiger partial charge in [0.05, 0.1) is 11.2 Å². The van der Waals surface area contributed by atoms with Crippen molar-refractivity contribution in [3.63, 3.8) is 0 Å². The molecule has 4 rings (SSSR count). The largest absolute Gasteiger partial charge is 0.422 e. The van der Waals surface area contributed by atoms with Crippen LogP contribution in [0.3, 0.4) is 0 Å². The van der Waals surface area contributed by atoms with Crippen molar-refractivity contribution < 1.29 is 18.3 Å². The van der Waals surface area contributed by atoms with Gasteiger partial charge in [-0.05, 0) is 73.4 Å². The molecule has 0 radical (unpaired) electrons. The third-order valence-corrected chi connectivity index (χ3v) is 6.23. The van der Waals surface area contributed by atoms with Crippen molar-refractivity contribution in [2.75, 3.05) is 0 Å². The molecule has 0 saturated heterocycles. The lowest BCUT2D eigenvalue weighted by Crippen LogP contribution is -2.48. The zero-order valence-electron chi connectivity index (χ0n) is 17.5. The van der Waals surface area contributed by atoms with Crippen LogP contribution in [-0.2, 0) is 0 Å². The van der Waals surface area contributed by atoms with Crippen molar-refractivity contribution in [3.8, 4) is 0 Å². The maximum Gasteiger partial charge on any atom is 0.422 e. The Morgan fingerprint density at radius 1 is 1.03 bits per heavy atom. The number of alkyl halides is 3. The van der Waals surface area contributed by atoms with Crippen LogP contribution in [0.4, 0.5) is 18.9 Å². The minimum absolute atomic E-state index is 0.298. The lowest BCUT2D eigenvalue weighted by Gasteiger charge is -2.35. The monoisotopic (exact) mass is 426 g/mol. The van der Waals surface area contributed by atoms with E-state index < -0.39 is 18.2 Å². The van der Waals surface area contributed by atoms with E-state index in [1.165, 1.54) is 0 Å². The van der Waals surface area contributed by atoms with Crippen LogP contribution in [0, 0.1) is 6.92 Å². The zero-order chi connectivity index (χ0) is 22.2. The molecule has 1 aliphatic carbocycles. The molecule has 3 aromatic rings. The number of rotatable bonds is 4. The Labute approximate surface area is 179 Å². The molecule has 0 fully saturated rings. The molecule has 0 bridgehead atoms. The molecule has 3 nitrogen and oxygen atoms in total. The molecule has 162 valence electrons. The van der Waals surface area contributed by atoms with Gasteiger partial charge in [0, 0.05) is 17.3 Å². The molecule has 0 amide bonds. The van der Waals surface area contributed by atoms with Crippen molar-refractivity contribution in [2.45, 2.75) is 56.7 Å². The van der Waals surface area contributed by atoms with E-state index >= 15 is 0 Å². The van der Waals surface area contributed by atoms with Crippen LogP contribution in [0.25, 0.3) is 10.9 Å². The highest BCUT2D eigenvalue weighted by Crippen LogP contribution is 2.45. The van der Waals surface area contributed by atoms with E-state index in [0.717, 1.165) is 23.2 Å². The fourth-order valence-electron chi connectivity index (χ4n) is 4.45. The first-order valence-electron chi connectivity index (χ1n) is 10.5. The van der Waals surface area contributed by atoms with Crippen molar-refractivity contribution in [1.29, 1.82) is 0 Å². The summed E-state index contributed by atoms with van der Waals surface area (Å²) >= 11 is 0. The predicted molar refractivity (Wildman–Crippen MR) is 117 cm³/mol. The summed E-state index contributed by atoms with van der Waals surface area (Å²) in [5, 5.41) is 11.4. The topological polar surface area (TPSA) is 45.5 Å². The first-order valence-corrected chi connectivity index (χ1v) is 10.5. The lowest BCUT2D eigenvalue weighted by molar-refractivity contribution is -0.232. The average molecular weight is 426 g/mol. The Balaban J connectivity index is 1.69. The van der Waals surface area contributed by atoms with E-state index in [4.69, 9.17) is 0 Å². The van der Waals surface area contributed by atoms with Crippen LogP contribution in [0.1, 0.15) is 54.8 Å². The van der Waals surface area contributed by atoms with Gasteiger partial charge in [-0.2, -0.15) is 13.2 Å². The van der Waals surface area contributed by atoms with Gasteiger partial charge in [0.1, 0.15) is 0 Å². The van der Waals surface area contributed by atoms with E-state index in [2.05, 4.69) is 16.9 Å². The molecule has 0 saturated carbocycles. The van der Waals surface area contributed by atoms with Crippen molar-refractivity contribution in [2.24, 2.45) is 4.99 Å². The van der Waals surface area contributed by atoms with E-state index in [-0.39, 0.29) is 5.92 Å². The minimum atomic E-state index is -4.84. The first kappa shape index (κ1) is 21.5. The third kappa shape index (κ3) is 4.22. The summed E-state index contributed by atoms with van der Waals surface area (Å²) < 4.78 is 42.1. The van der Waals surface area contributed by atoms with Crippen LogP contribution >= 0.6 is 0 Å². The van der Waals surface area contributed by atoms with E-state index in [1.54, 1.807) is 30.3 Å². The SMILES string of the molecule is Cc1ccc2c(N=CC(O)(CC3CCC(C)c4ccccc43)C(F)(F)F)cccc2n1. The predicted octanol–water partition coefficient (Wildman–Crippen LogP) is 6.61. The fraction of sp³-hybridized carbons (Fsp3) is 0.360. The second-order valence-corrected chi connectivity index (χ2v) is 8.49. The molecular formula is C25H25F3N2O. The number of fused-ring (bicyclic) bond motifs is 2. The molecule has 2 aromatic carbocycles. The van der Waals surface area contributed by atoms with Crippen molar-refractivity contribution in [3.05, 3.63) is 71.4 Å². The Morgan fingerprint density at radius 3 is 2.52 bits per heavy atom. The Bertz CT molecular complexity index is 1130. The molecule has 6 heteroatoms. The number of benzene rings is 2. The molecule has 3 atom stereocenters. The van der Waals surface area contributed by atoms with Crippen LogP contribution in [0.15, 0.2) is 59.6 Å².